The summed E-state index contributed by atoms with van der Waals surface area (Å²) in [7, 11) is 0. The van der Waals surface area contributed by atoms with E-state index in [1.807, 2.05) is 45.0 Å². The maximum absolute atomic E-state index is 12.6. The molecule has 0 unspecified atom stereocenters. The van der Waals surface area contributed by atoms with Crippen molar-refractivity contribution in [2.75, 3.05) is 19.8 Å². The van der Waals surface area contributed by atoms with Crippen molar-refractivity contribution in [3.63, 3.8) is 0 Å². The fourth-order valence-corrected chi connectivity index (χ4v) is 2.61. The number of carbonyl (C=O) groups excluding carboxylic acids is 1. The lowest BCUT2D eigenvalue weighted by molar-refractivity contribution is 0.0949. The van der Waals surface area contributed by atoms with Gasteiger partial charge in [-0.05, 0) is 49.6 Å². The maximum atomic E-state index is 12.6. The lowest BCUT2D eigenvalue weighted by Gasteiger charge is -2.14. The van der Waals surface area contributed by atoms with E-state index in [9.17, 15) is 4.79 Å². The van der Waals surface area contributed by atoms with Crippen molar-refractivity contribution in [1.29, 1.82) is 0 Å². The number of benzene rings is 2. The third kappa shape index (κ3) is 6.29. The van der Waals surface area contributed by atoms with Crippen LogP contribution in [0, 0.1) is 0 Å². The summed E-state index contributed by atoms with van der Waals surface area (Å²) in [5.74, 6) is 1.11. The van der Waals surface area contributed by atoms with Crippen LogP contribution in [0.1, 0.15) is 48.7 Å². The fourth-order valence-electron chi connectivity index (χ4n) is 2.61. The molecule has 0 aliphatic rings. The lowest BCUT2D eigenvalue weighted by atomic mass is 10.1. The molecule has 1 amide bonds. The molecule has 0 heterocycles. The van der Waals surface area contributed by atoms with Crippen LogP contribution in [0.5, 0.6) is 11.5 Å². The molecule has 2 rings (SSSR count). The van der Waals surface area contributed by atoms with E-state index in [1.54, 1.807) is 18.2 Å². The summed E-state index contributed by atoms with van der Waals surface area (Å²) in [5, 5.41) is 2.97. The molecule has 2 aromatic rings. The van der Waals surface area contributed by atoms with Crippen LogP contribution in [0.25, 0.3) is 0 Å². The molecule has 0 saturated heterocycles. The van der Waals surface area contributed by atoms with Gasteiger partial charge in [-0.3, -0.25) is 4.79 Å². The first kappa shape index (κ1) is 20.8. The minimum Gasteiger partial charge on any atom is -0.490 e. The van der Waals surface area contributed by atoms with Crippen LogP contribution in [-0.2, 0) is 17.9 Å². The molecule has 27 heavy (non-hydrogen) atoms. The quantitative estimate of drug-likeness (QED) is 0.638. The lowest BCUT2D eigenvalue weighted by Crippen LogP contribution is -2.23. The first-order chi connectivity index (χ1) is 13.2. The SMILES string of the molecule is CCCOc1ccc(C(=O)NCc2ccccc2COCC)cc1OCC. The first-order valence-electron chi connectivity index (χ1n) is 9.51. The summed E-state index contributed by atoms with van der Waals surface area (Å²) < 4.78 is 16.8. The van der Waals surface area contributed by atoms with Gasteiger partial charge in [-0.2, -0.15) is 0 Å². The van der Waals surface area contributed by atoms with Crippen LogP contribution in [-0.4, -0.2) is 25.7 Å². The number of hydrogen-bond acceptors (Lipinski definition) is 4. The Labute approximate surface area is 161 Å². The van der Waals surface area contributed by atoms with Gasteiger partial charge in [0.25, 0.3) is 5.91 Å². The summed E-state index contributed by atoms with van der Waals surface area (Å²) in [6.45, 7) is 8.69. The molecule has 0 aliphatic heterocycles. The van der Waals surface area contributed by atoms with Crippen molar-refractivity contribution in [3.05, 3.63) is 59.2 Å². The van der Waals surface area contributed by atoms with Gasteiger partial charge in [-0.1, -0.05) is 31.2 Å². The van der Waals surface area contributed by atoms with Crippen LogP contribution in [0.4, 0.5) is 0 Å². The third-order valence-electron chi connectivity index (χ3n) is 3.99. The molecule has 1 N–H and O–H groups in total. The molecule has 5 nitrogen and oxygen atoms in total. The zero-order chi connectivity index (χ0) is 19.5. The van der Waals surface area contributed by atoms with E-state index >= 15 is 0 Å². The van der Waals surface area contributed by atoms with E-state index < -0.39 is 0 Å². The first-order valence-corrected chi connectivity index (χ1v) is 9.51. The van der Waals surface area contributed by atoms with Crippen molar-refractivity contribution in [1.82, 2.24) is 5.32 Å². The smallest absolute Gasteiger partial charge is 0.251 e. The van der Waals surface area contributed by atoms with Crippen LogP contribution in [0.3, 0.4) is 0 Å². The average Bonchev–Trinajstić information content (AvgIpc) is 2.70. The van der Waals surface area contributed by atoms with Gasteiger partial charge in [-0.25, -0.2) is 0 Å². The van der Waals surface area contributed by atoms with Gasteiger partial charge in [0.05, 0.1) is 19.8 Å². The largest absolute Gasteiger partial charge is 0.490 e. The Balaban J connectivity index is 2.06. The third-order valence-corrected chi connectivity index (χ3v) is 3.99. The van der Waals surface area contributed by atoms with Gasteiger partial charge in [0.1, 0.15) is 0 Å². The van der Waals surface area contributed by atoms with Crippen LogP contribution in [0.2, 0.25) is 0 Å². The molecular weight excluding hydrogens is 342 g/mol. The molecule has 0 fully saturated rings. The van der Waals surface area contributed by atoms with Crippen molar-refractivity contribution < 1.29 is 19.0 Å². The van der Waals surface area contributed by atoms with E-state index in [4.69, 9.17) is 14.2 Å². The van der Waals surface area contributed by atoms with Gasteiger partial charge in [0, 0.05) is 18.7 Å². The van der Waals surface area contributed by atoms with Crippen LogP contribution >= 0.6 is 0 Å². The zero-order valence-corrected chi connectivity index (χ0v) is 16.4. The van der Waals surface area contributed by atoms with Crippen LogP contribution in [0.15, 0.2) is 42.5 Å². The predicted molar refractivity (Wildman–Crippen MR) is 106 cm³/mol. The van der Waals surface area contributed by atoms with E-state index in [1.165, 1.54) is 0 Å². The highest BCUT2D eigenvalue weighted by atomic mass is 16.5. The molecule has 0 aliphatic carbocycles. The van der Waals surface area contributed by atoms with Gasteiger partial charge >= 0.3 is 0 Å². The summed E-state index contributed by atoms with van der Waals surface area (Å²) in [5.41, 5.74) is 2.68. The summed E-state index contributed by atoms with van der Waals surface area (Å²) in [6, 6.07) is 13.2. The summed E-state index contributed by atoms with van der Waals surface area (Å²) in [6.07, 6.45) is 0.912. The molecular formula is C22H29NO4. The Morgan fingerprint density at radius 3 is 2.41 bits per heavy atom. The molecule has 0 spiro atoms. The molecule has 2 aromatic carbocycles. The van der Waals surface area contributed by atoms with E-state index in [0.717, 1.165) is 17.5 Å². The highest BCUT2D eigenvalue weighted by molar-refractivity contribution is 5.94. The van der Waals surface area contributed by atoms with E-state index in [-0.39, 0.29) is 5.91 Å². The predicted octanol–water partition coefficient (Wildman–Crippen LogP) is 4.34. The topological polar surface area (TPSA) is 56.8 Å². The number of amides is 1. The Hall–Kier alpha value is -2.53. The molecule has 0 saturated carbocycles. The Morgan fingerprint density at radius 1 is 0.926 bits per heavy atom. The van der Waals surface area contributed by atoms with Gasteiger partial charge in [0.15, 0.2) is 11.5 Å². The molecule has 0 atom stereocenters. The fraction of sp³-hybridized carbons (Fsp3) is 0.409. The second kappa shape index (κ2) is 11.2. The molecule has 0 radical (unpaired) electrons. The van der Waals surface area contributed by atoms with Crippen molar-refractivity contribution in [2.24, 2.45) is 0 Å². The summed E-state index contributed by atoms with van der Waals surface area (Å²) >= 11 is 0. The van der Waals surface area contributed by atoms with Crippen molar-refractivity contribution in [3.8, 4) is 11.5 Å². The molecule has 5 heteroatoms. The minimum atomic E-state index is -0.149. The van der Waals surface area contributed by atoms with Crippen LogP contribution < -0.4 is 14.8 Å². The van der Waals surface area contributed by atoms with Crippen molar-refractivity contribution >= 4 is 5.91 Å². The normalized spacial score (nSPS) is 10.5. The average molecular weight is 371 g/mol. The molecule has 146 valence electrons. The van der Waals surface area contributed by atoms with Gasteiger partial charge in [-0.15, -0.1) is 0 Å². The highest BCUT2D eigenvalue weighted by Gasteiger charge is 2.12. The standard InChI is InChI=1S/C22H29NO4/c1-4-13-27-20-12-11-17(14-21(20)26-6-3)22(24)23-15-18-9-7-8-10-19(18)16-25-5-2/h7-12,14H,4-6,13,15-16H2,1-3H3,(H,23,24). The van der Waals surface area contributed by atoms with E-state index in [2.05, 4.69) is 5.32 Å². The Morgan fingerprint density at radius 2 is 1.70 bits per heavy atom. The number of rotatable bonds is 11. The second-order valence-electron chi connectivity index (χ2n) is 6.03. The minimum absolute atomic E-state index is 0.149. The number of ether oxygens (including phenoxy) is 3. The Bertz CT molecular complexity index is 730. The maximum Gasteiger partial charge on any atom is 0.251 e. The van der Waals surface area contributed by atoms with Gasteiger partial charge in [0.2, 0.25) is 0 Å². The van der Waals surface area contributed by atoms with Gasteiger partial charge < -0.3 is 19.5 Å². The number of carbonyl (C=O) groups is 1. The molecule has 0 aromatic heterocycles. The number of nitrogens with one attached hydrogen (secondary N) is 1. The molecule has 0 bridgehead atoms. The highest BCUT2D eigenvalue weighted by Crippen LogP contribution is 2.28. The second-order valence-corrected chi connectivity index (χ2v) is 6.03. The zero-order valence-electron chi connectivity index (χ0n) is 16.4. The van der Waals surface area contributed by atoms with Crippen molar-refractivity contribution in [2.45, 2.75) is 40.3 Å². The number of hydrogen-bond donors (Lipinski definition) is 1. The summed E-state index contributed by atoms with van der Waals surface area (Å²) in [4.78, 5) is 12.6. The van der Waals surface area contributed by atoms with E-state index in [0.29, 0.717) is 50.0 Å². The monoisotopic (exact) mass is 371 g/mol. The Kier molecular flexibility index (Phi) is 8.65.